The Morgan fingerprint density at radius 2 is 1.77 bits per heavy atom. The molecule has 2 heterocycles. The van der Waals surface area contributed by atoms with Crippen LogP contribution in [0.4, 0.5) is 27.6 Å². The second-order valence-corrected chi connectivity index (χ2v) is 9.23. The first-order valence-electron chi connectivity index (χ1n) is 11.6. The maximum Gasteiger partial charge on any atom is 0.416 e. The van der Waals surface area contributed by atoms with E-state index in [2.05, 4.69) is 15.6 Å². The fraction of sp³-hybridized carbons (Fsp3) is 0.107. The van der Waals surface area contributed by atoms with E-state index in [4.69, 9.17) is 16.3 Å². The summed E-state index contributed by atoms with van der Waals surface area (Å²) in [6.45, 7) is 0. The number of amides is 2. The van der Waals surface area contributed by atoms with Gasteiger partial charge in [-0.1, -0.05) is 11.6 Å². The average Bonchev–Trinajstić information content (AvgIpc) is 3.25. The number of carbonyl (C=O) groups excluding carboxylic acids is 2. The van der Waals surface area contributed by atoms with Gasteiger partial charge in [0.1, 0.15) is 11.6 Å². The molecule has 0 bridgehead atoms. The standard InChI is InChI=1S/C28H17ClF5N3O3/c1-40-23-5-2-13(12-35-23)14-8-20-24(25(37-27(20)39)19-11-17(30)3-4-21(19)29)22(9-14)36-26(38)15-6-16(28(32,33)34)10-18(31)7-15/h2-12,25H,1H3,(H,36,38)(H,37,39). The molecule has 0 saturated heterocycles. The predicted octanol–water partition coefficient (Wildman–Crippen LogP) is 6.79. The first-order chi connectivity index (χ1) is 18.9. The summed E-state index contributed by atoms with van der Waals surface area (Å²) in [7, 11) is 1.43. The fourth-order valence-electron chi connectivity index (χ4n) is 4.42. The molecule has 0 aliphatic carbocycles. The van der Waals surface area contributed by atoms with Gasteiger partial charge in [-0.25, -0.2) is 13.8 Å². The van der Waals surface area contributed by atoms with Gasteiger partial charge in [0.05, 0.1) is 18.7 Å². The van der Waals surface area contributed by atoms with E-state index in [9.17, 15) is 31.5 Å². The van der Waals surface area contributed by atoms with Gasteiger partial charge in [-0.2, -0.15) is 13.2 Å². The van der Waals surface area contributed by atoms with Crippen molar-refractivity contribution in [3.63, 3.8) is 0 Å². The molecule has 0 fully saturated rings. The number of carbonyl (C=O) groups is 2. The van der Waals surface area contributed by atoms with E-state index in [1.807, 2.05) is 0 Å². The lowest BCUT2D eigenvalue weighted by atomic mass is 9.93. The number of nitrogens with one attached hydrogen (secondary N) is 2. The van der Waals surface area contributed by atoms with E-state index in [0.29, 0.717) is 29.1 Å². The second-order valence-electron chi connectivity index (χ2n) is 8.83. The normalized spacial score (nSPS) is 14.5. The van der Waals surface area contributed by atoms with Crippen molar-refractivity contribution in [2.24, 2.45) is 0 Å². The van der Waals surface area contributed by atoms with Gasteiger partial charge in [0.2, 0.25) is 5.88 Å². The summed E-state index contributed by atoms with van der Waals surface area (Å²) in [6, 6.07) is 10.2. The van der Waals surface area contributed by atoms with Crippen molar-refractivity contribution < 1.29 is 36.3 Å². The Hall–Kier alpha value is -4.51. The topological polar surface area (TPSA) is 80.3 Å². The monoisotopic (exact) mass is 573 g/mol. The smallest absolute Gasteiger partial charge is 0.416 e. The first kappa shape index (κ1) is 27.1. The maximum absolute atomic E-state index is 14.1. The zero-order valence-electron chi connectivity index (χ0n) is 20.4. The van der Waals surface area contributed by atoms with Crippen LogP contribution in [-0.2, 0) is 6.18 Å². The predicted molar refractivity (Wildman–Crippen MR) is 136 cm³/mol. The van der Waals surface area contributed by atoms with Gasteiger partial charge in [-0.15, -0.1) is 0 Å². The molecule has 1 unspecified atom stereocenters. The number of anilines is 1. The minimum absolute atomic E-state index is 0.00909. The zero-order chi connectivity index (χ0) is 28.8. The van der Waals surface area contributed by atoms with E-state index < -0.39 is 46.8 Å². The minimum atomic E-state index is -4.89. The SMILES string of the molecule is COc1ccc(-c2cc(NC(=O)c3cc(F)cc(C(F)(F)F)c3)c3c(c2)C(=O)NC3c2cc(F)ccc2Cl)cn1. The van der Waals surface area contributed by atoms with Crippen LogP contribution >= 0.6 is 11.6 Å². The van der Waals surface area contributed by atoms with E-state index in [-0.39, 0.29) is 33.5 Å². The van der Waals surface area contributed by atoms with Crippen molar-refractivity contribution in [3.8, 4) is 17.0 Å². The number of pyridine rings is 1. The first-order valence-corrected chi connectivity index (χ1v) is 12.0. The number of halogens is 6. The molecule has 2 N–H and O–H groups in total. The Kier molecular flexibility index (Phi) is 6.92. The van der Waals surface area contributed by atoms with Crippen molar-refractivity contribution in [2.75, 3.05) is 12.4 Å². The van der Waals surface area contributed by atoms with E-state index in [1.165, 1.54) is 31.5 Å². The Labute approximate surface area is 228 Å². The average molecular weight is 574 g/mol. The van der Waals surface area contributed by atoms with Crippen LogP contribution < -0.4 is 15.4 Å². The van der Waals surface area contributed by atoms with Crippen LogP contribution in [0.2, 0.25) is 5.02 Å². The zero-order valence-corrected chi connectivity index (χ0v) is 21.1. The molecular weight excluding hydrogens is 557 g/mol. The van der Waals surface area contributed by atoms with E-state index >= 15 is 0 Å². The van der Waals surface area contributed by atoms with Gasteiger partial charge in [-0.05, 0) is 60.2 Å². The molecule has 204 valence electrons. The van der Waals surface area contributed by atoms with Crippen molar-refractivity contribution in [2.45, 2.75) is 12.2 Å². The third-order valence-electron chi connectivity index (χ3n) is 6.27. The van der Waals surface area contributed by atoms with E-state index in [0.717, 1.165) is 12.1 Å². The van der Waals surface area contributed by atoms with Crippen molar-refractivity contribution in [1.29, 1.82) is 0 Å². The summed E-state index contributed by atoms with van der Waals surface area (Å²) < 4.78 is 73.0. The molecule has 12 heteroatoms. The van der Waals surface area contributed by atoms with Crippen LogP contribution in [0.15, 0.2) is 66.9 Å². The highest BCUT2D eigenvalue weighted by Crippen LogP contribution is 2.42. The van der Waals surface area contributed by atoms with Crippen molar-refractivity contribution in [3.05, 3.63) is 111 Å². The van der Waals surface area contributed by atoms with Gasteiger partial charge in [0.15, 0.2) is 0 Å². The molecule has 40 heavy (non-hydrogen) atoms. The molecule has 0 radical (unpaired) electrons. The molecular formula is C28H17ClF5N3O3. The summed E-state index contributed by atoms with van der Waals surface area (Å²) in [4.78, 5) is 30.4. The Bertz CT molecular complexity index is 1660. The fourth-order valence-corrected chi connectivity index (χ4v) is 4.65. The number of aromatic nitrogens is 1. The Morgan fingerprint density at radius 3 is 2.45 bits per heavy atom. The molecule has 4 aromatic rings. The molecule has 1 aliphatic heterocycles. The molecule has 1 aromatic heterocycles. The number of hydrogen-bond acceptors (Lipinski definition) is 4. The summed E-state index contributed by atoms with van der Waals surface area (Å²) in [6.07, 6.45) is -3.43. The molecule has 1 aliphatic rings. The van der Waals surface area contributed by atoms with Crippen molar-refractivity contribution in [1.82, 2.24) is 10.3 Å². The van der Waals surface area contributed by atoms with Crippen LogP contribution in [0.5, 0.6) is 5.88 Å². The number of fused-ring (bicyclic) bond motifs is 1. The highest BCUT2D eigenvalue weighted by molar-refractivity contribution is 6.31. The number of alkyl halides is 3. The lowest BCUT2D eigenvalue weighted by Crippen LogP contribution is -2.21. The van der Waals surface area contributed by atoms with Crippen LogP contribution in [0.25, 0.3) is 11.1 Å². The number of ether oxygens (including phenoxy) is 1. The number of nitrogens with zero attached hydrogens (tertiary/aromatic N) is 1. The van der Waals surface area contributed by atoms with Gasteiger partial charge < -0.3 is 15.4 Å². The summed E-state index contributed by atoms with van der Waals surface area (Å²) in [5, 5.41) is 5.34. The number of rotatable bonds is 5. The van der Waals surface area contributed by atoms with Gasteiger partial charge in [0, 0.05) is 50.8 Å². The maximum atomic E-state index is 14.1. The summed E-state index contributed by atoms with van der Waals surface area (Å²) in [5.74, 6) is -3.20. The molecule has 0 spiro atoms. The molecule has 3 aromatic carbocycles. The second kappa shape index (κ2) is 10.2. The molecule has 5 rings (SSSR count). The van der Waals surface area contributed by atoms with Gasteiger partial charge in [0.25, 0.3) is 11.8 Å². The van der Waals surface area contributed by atoms with Crippen LogP contribution in [0, 0.1) is 11.6 Å². The molecule has 2 amide bonds. The van der Waals surface area contributed by atoms with Crippen LogP contribution in [0.3, 0.4) is 0 Å². The minimum Gasteiger partial charge on any atom is -0.481 e. The van der Waals surface area contributed by atoms with Gasteiger partial charge >= 0.3 is 6.18 Å². The Balaban J connectivity index is 1.65. The highest BCUT2D eigenvalue weighted by Gasteiger charge is 2.36. The van der Waals surface area contributed by atoms with Crippen molar-refractivity contribution >= 4 is 29.1 Å². The number of benzene rings is 3. The lowest BCUT2D eigenvalue weighted by Gasteiger charge is -2.19. The van der Waals surface area contributed by atoms with Crippen LogP contribution in [0.1, 0.15) is 43.4 Å². The lowest BCUT2D eigenvalue weighted by molar-refractivity contribution is -0.137. The van der Waals surface area contributed by atoms with Crippen LogP contribution in [-0.4, -0.2) is 23.9 Å². The molecule has 1 atom stereocenters. The highest BCUT2D eigenvalue weighted by atomic mass is 35.5. The number of hydrogen-bond donors (Lipinski definition) is 2. The quantitative estimate of drug-likeness (QED) is 0.258. The number of methoxy groups -OCH3 is 1. The third kappa shape index (κ3) is 5.20. The largest absolute Gasteiger partial charge is 0.481 e. The Morgan fingerprint density at radius 1 is 1.00 bits per heavy atom. The molecule has 6 nitrogen and oxygen atoms in total. The van der Waals surface area contributed by atoms with Gasteiger partial charge in [-0.3, -0.25) is 9.59 Å². The molecule has 0 saturated carbocycles. The summed E-state index contributed by atoms with van der Waals surface area (Å²) in [5.41, 5.74) is -0.516. The van der Waals surface area contributed by atoms with E-state index in [1.54, 1.807) is 12.1 Å². The summed E-state index contributed by atoms with van der Waals surface area (Å²) >= 11 is 6.30. The third-order valence-corrected chi connectivity index (χ3v) is 6.62.